The number of aromatic amines is 1. The number of benzene rings is 1. The fraction of sp³-hybridized carbons (Fsp3) is 0.556. The first kappa shape index (κ1) is 14.6. The van der Waals surface area contributed by atoms with Crippen LogP contribution >= 0.6 is 11.6 Å². The summed E-state index contributed by atoms with van der Waals surface area (Å²) in [5.74, 6) is 0.642. The molecule has 0 aliphatic carbocycles. The van der Waals surface area contributed by atoms with Gasteiger partial charge in [-0.3, -0.25) is 4.90 Å². The normalized spacial score (nSPS) is 27.3. The van der Waals surface area contributed by atoms with Crippen LogP contribution in [-0.4, -0.2) is 35.7 Å². The number of hydrogen-bond donors (Lipinski definition) is 2. The SMILES string of the molecule is Clc1ccc2c(C3CCN[C@H](N4CCCCC4)C3)c[nH]c2c1. The molecule has 2 N–H and O–H groups in total. The smallest absolute Gasteiger partial charge is 0.0602 e. The summed E-state index contributed by atoms with van der Waals surface area (Å²) in [4.78, 5) is 6.06. The van der Waals surface area contributed by atoms with E-state index >= 15 is 0 Å². The Morgan fingerprint density at radius 3 is 2.86 bits per heavy atom. The van der Waals surface area contributed by atoms with Crippen LogP contribution in [0.25, 0.3) is 10.9 Å². The molecular formula is C18H24ClN3. The average Bonchev–Trinajstić information content (AvgIpc) is 2.99. The summed E-state index contributed by atoms with van der Waals surface area (Å²) in [5.41, 5.74) is 2.63. The molecule has 4 heteroatoms. The number of nitrogens with one attached hydrogen (secondary N) is 2. The lowest BCUT2D eigenvalue weighted by Crippen LogP contribution is -2.51. The van der Waals surface area contributed by atoms with Crippen LogP contribution in [0, 0.1) is 0 Å². The first-order chi connectivity index (χ1) is 10.8. The van der Waals surface area contributed by atoms with E-state index in [1.807, 2.05) is 12.1 Å². The van der Waals surface area contributed by atoms with Gasteiger partial charge < -0.3 is 10.3 Å². The predicted octanol–water partition coefficient (Wildman–Crippen LogP) is 4.10. The van der Waals surface area contributed by atoms with Crippen molar-refractivity contribution < 1.29 is 0 Å². The maximum absolute atomic E-state index is 6.10. The van der Waals surface area contributed by atoms with Crippen molar-refractivity contribution in [1.29, 1.82) is 0 Å². The van der Waals surface area contributed by atoms with E-state index in [4.69, 9.17) is 11.6 Å². The van der Waals surface area contributed by atoms with E-state index in [2.05, 4.69) is 27.5 Å². The zero-order chi connectivity index (χ0) is 14.9. The Labute approximate surface area is 137 Å². The molecule has 0 amide bonds. The summed E-state index contributed by atoms with van der Waals surface area (Å²) in [6.45, 7) is 3.63. The maximum Gasteiger partial charge on any atom is 0.0602 e. The van der Waals surface area contributed by atoms with Crippen LogP contribution in [0.4, 0.5) is 0 Å². The number of aromatic nitrogens is 1. The van der Waals surface area contributed by atoms with E-state index in [1.54, 1.807) is 0 Å². The Morgan fingerprint density at radius 2 is 2.00 bits per heavy atom. The van der Waals surface area contributed by atoms with Gasteiger partial charge in [0.2, 0.25) is 0 Å². The van der Waals surface area contributed by atoms with Crippen molar-refractivity contribution in [1.82, 2.24) is 15.2 Å². The highest BCUT2D eigenvalue weighted by molar-refractivity contribution is 6.31. The minimum absolute atomic E-state index is 0.552. The summed E-state index contributed by atoms with van der Waals surface area (Å²) >= 11 is 6.10. The van der Waals surface area contributed by atoms with Crippen LogP contribution in [-0.2, 0) is 0 Å². The summed E-state index contributed by atoms with van der Waals surface area (Å²) < 4.78 is 0. The molecule has 22 heavy (non-hydrogen) atoms. The van der Waals surface area contributed by atoms with E-state index in [0.29, 0.717) is 12.1 Å². The van der Waals surface area contributed by atoms with Crippen LogP contribution in [0.15, 0.2) is 24.4 Å². The van der Waals surface area contributed by atoms with Gasteiger partial charge in [0, 0.05) is 22.1 Å². The molecule has 2 aromatic rings. The number of fused-ring (bicyclic) bond motifs is 1. The molecule has 3 nitrogen and oxygen atoms in total. The van der Waals surface area contributed by atoms with Gasteiger partial charge in [0.15, 0.2) is 0 Å². The zero-order valence-electron chi connectivity index (χ0n) is 12.9. The summed E-state index contributed by atoms with van der Waals surface area (Å²) in [7, 11) is 0. The number of H-pyrrole nitrogens is 1. The van der Waals surface area contributed by atoms with Crippen molar-refractivity contribution in [2.45, 2.75) is 44.2 Å². The van der Waals surface area contributed by atoms with E-state index in [0.717, 1.165) is 17.1 Å². The highest BCUT2D eigenvalue weighted by Gasteiger charge is 2.29. The van der Waals surface area contributed by atoms with Gasteiger partial charge in [0.05, 0.1) is 6.17 Å². The first-order valence-corrected chi connectivity index (χ1v) is 8.93. The van der Waals surface area contributed by atoms with Crippen molar-refractivity contribution in [2.24, 2.45) is 0 Å². The Morgan fingerprint density at radius 1 is 1.14 bits per heavy atom. The average molecular weight is 318 g/mol. The molecule has 2 atom stereocenters. The van der Waals surface area contributed by atoms with Crippen molar-refractivity contribution in [3.63, 3.8) is 0 Å². The first-order valence-electron chi connectivity index (χ1n) is 8.55. The molecule has 0 saturated carbocycles. The van der Waals surface area contributed by atoms with Gasteiger partial charge in [-0.1, -0.05) is 24.1 Å². The topological polar surface area (TPSA) is 31.1 Å². The van der Waals surface area contributed by atoms with Gasteiger partial charge in [0.1, 0.15) is 0 Å². The monoisotopic (exact) mass is 317 g/mol. The van der Waals surface area contributed by atoms with Crippen LogP contribution < -0.4 is 5.32 Å². The largest absolute Gasteiger partial charge is 0.361 e. The van der Waals surface area contributed by atoms with Crippen molar-refractivity contribution >= 4 is 22.5 Å². The third-order valence-electron chi connectivity index (χ3n) is 5.33. The number of hydrogen-bond acceptors (Lipinski definition) is 2. The van der Waals surface area contributed by atoms with Gasteiger partial charge in [-0.2, -0.15) is 0 Å². The molecule has 2 aliphatic rings. The molecule has 0 bridgehead atoms. The van der Waals surface area contributed by atoms with E-state index in [1.165, 1.54) is 56.1 Å². The molecule has 0 spiro atoms. The highest BCUT2D eigenvalue weighted by Crippen LogP contribution is 2.35. The van der Waals surface area contributed by atoms with Crippen LogP contribution in [0.5, 0.6) is 0 Å². The minimum atomic E-state index is 0.552. The summed E-state index contributed by atoms with van der Waals surface area (Å²) in [6.07, 6.45) is 9.30. The molecule has 1 aromatic carbocycles. The van der Waals surface area contributed by atoms with Crippen LogP contribution in [0.3, 0.4) is 0 Å². The van der Waals surface area contributed by atoms with E-state index < -0.39 is 0 Å². The Bertz CT molecular complexity index is 645. The molecule has 118 valence electrons. The zero-order valence-corrected chi connectivity index (χ0v) is 13.7. The molecule has 2 fully saturated rings. The molecule has 2 saturated heterocycles. The summed E-state index contributed by atoms with van der Waals surface area (Å²) in [5, 5.41) is 5.88. The second-order valence-electron chi connectivity index (χ2n) is 6.72. The number of piperidine rings is 2. The molecule has 1 unspecified atom stereocenters. The van der Waals surface area contributed by atoms with Gasteiger partial charge in [0.25, 0.3) is 0 Å². The van der Waals surface area contributed by atoms with Crippen molar-refractivity contribution in [3.05, 3.63) is 35.0 Å². The molecule has 3 heterocycles. The van der Waals surface area contributed by atoms with Crippen molar-refractivity contribution in [3.8, 4) is 0 Å². The fourth-order valence-corrected chi connectivity index (χ4v) is 4.32. The van der Waals surface area contributed by atoms with Crippen LogP contribution in [0.2, 0.25) is 5.02 Å². The molecule has 2 aliphatic heterocycles. The third-order valence-corrected chi connectivity index (χ3v) is 5.56. The Kier molecular flexibility index (Phi) is 4.12. The fourth-order valence-electron chi connectivity index (χ4n) is 4.14. The predicted molar refractivity (Wildman–Crippen MR) is 92.5 cm³/mol. The number of rotatable bonds is 2. The second kappa shape index (κ2) is 6.23. The van der Waals surface area contributed by atoms with Gasteiger partial charge in [-0.15, -0.1) is 0 Å². The summed E-state index contributed by atoms with van der Waals surface area (Å²) in [6, 6.07) is 6.20. The quantitative estimate of drug-likeness (QED) is 0.873. The van der Waals surface area contributed by atoms with E-state index in [-0.39, 0.29) is 0 Å². The third kappa shape index (κ3) is 2.78. The lowest BCUT2D eigenvalue weighted by atomic mass is 9.87. The minimum Gasteiger partial charge on any atom is -0.361 e. The van der Waals surface area contributed by atoms with E-state index in [9.17, 15) is 0 Å². The lowest BCUT2D eigenvalue weighted by molar-refractivity contribution is 0.107. The Hall–Kier alpha value is -1.03. The Balaban J connectivity index is 1.55. The van der Waals surface area contributed by atoms with Crippen molar-refractivity contribution in [2.75, 3.05) is 19.6 Å². The second-order valence-corrected chi connectivity index (χ2v) is 7.16. The lowest BCUT2D eigenvalue weighted by Gasteiger charge is -2.40. The molecule has 1 aromatic heterocycles. The van der Waals surface area contributed by atoms with Crippen LogP contribution in [0.1, 0.15) is 43.6 Å². The standard InChI is InChI=1S/C18H24ClN3/c19-14-4-5-15-16(12-21-17(15)11-14)13-6-7-20-18(10-13)22-8-2-1-3-9-22/h4-5,11-13,18,20-21H,1-3,6-10H2/t13?,18-/m1/s1. The molecule has 4 rings (SSSR count). The number of halogens is 1. The maximum atomic E-state index is 6.10. The molecule has 0 radical (unpaired) electrons. The van der Waals surface area contributed by atoms with Gasteiger partial charge >= 0.3 is 0 Å². The number of nitrogens with zero attached hydrogens (tertiary/aromatic N) is 1. The van der Waals surface area contributed by atoms with Gasteiger partial charge in [-0.25, -0.2) is 0 Å². The highest BCUT2D eigenvalue weighted by atomic mass is 35.5. The molecular weight excluding hydrogens is 294 g/mol. The number of likely N-dealkylation sites (tertiary alicyclic amines) is 1. The van der Waals surface area contributed by atoms with Gasteiger partial charge in [-0.05, 0) is 68.9 Å².